The van der Waals surface area contributed by atoms with E-state index < -0.39 is 0 Å². The lowest BCUT2D eigenvalue weighted by molar-refractivity contribution is 0.102. The molecular weight excluding hydrogens is 384 g/mol. The van der Waals surface area contributed by atoms with Crippen LogP contribution in [0.5, 0.6) is 0 Å². The summed E-state index contributed by atoms with van der Waals surface area (Å²) in [6.07, 6.45) is 4.89. The van der Waals surface area contributed by atoms with Crippen molar-refractivity contribution in [2.75, 3.05) is 5.32 Å². The third-order valence-electron chi connectivity index (χ3n) is 4.84. The molecule has 0 spiro atoms. The fourth-order valence-corrected chi connectivity index (χ4v) is 5.12. The van der Waals surface area contributed by atoms with Gasteiger partial charge in [0, 0.05) is 26.7 Å². The summed E-state index contributed by atoms with van der Waals surface area (Å²) < 4.78 is 0. The molecule has 0 radical (unpaired) electrons. The van der Waals surface area contributed by atoms with Gasteiger partial charge in [-0.05, 0) is 61.1 Å². The van der Waals surface area contributed by atoms with Crippen LogP contribution in [0.1, 0.15) is 48.2 Å². The van der Waals surface area contributed by atoms with Gasteiger partial charge in [-0.25, -0.2) is 4.98 Å². The highest BCUT2D eigenvalue weighted by Gasteiger charge is 2.14. The Kier molecular flexibility index (Phi) is 5.83. The van der Waals surface area contributed by atoms with Crippen molar-refractivity contribution in [3.63, 3.8) is 0 Å². The first-order valence-corrected chi connectivity index (χ1v) is 11.5. The number of thioether (sulfide) groups is 1. The van der Waals surface area contributed by atoms with Crippen LogP contribution in [0, 0.1) is 0 Å². The Morgan fingerprint density at radius 1 is 1.11 bits per heavy atom. The molecule has 1 aliphatic rings. The Balaban J connectivity index is 1.48. The van der Waals surface area contributed by atoms with Crippen LogP contribution < -0.4 is 5.32 Å². The van der Waals surface area contributed by atoms with Crippen LogP contribution in [-0.4, -0.2) is 16.1 Å². The predicted octanol–water partition coefficient (Wildman–Crippen LogP) is 6.44. The summed E-state index contributed by atoms with van der Waals surface area (Å²) in [5.41, 5.74) is 5.64. The number of benzene rings is 2. The van der Waals surface area contributed by atoms with E-state index >= 15 is 0 Å². The van der Waals surface area contributed by atoms with E-state index in [0.29, 0.717) is 15.9 Å². The second kappa shape index (κ2) is 8.50. The topological polar surface area (TPSA) is 42.0 Å². The summed E-state index contributed by atoms with van der Waals surface area (Å²) in [6.45, 7) is 4.30. The average molecular weight is 409 g/mol. The lowest BCUT2D eigenvalue weighted by atomic mass is 9.90. The molecule has 2 aromatic carbocycles. The molecule has 144 valence electrons. The van der Waals surface area contributed by atoms with Crippen molar-refractivity contribution in [3.8, 4) is 11.3 Å². The third-order valence-corrected chi connectivity index (χ3v) is 6.59. The Bertz CT molecular complexity index is 994. The summed E-state index contributed by atoms with van der Waals surface area (Å²) in [5, 5.41) is 6.09. The van der Waals surface area contributed by atoms with Crippen LogP contribution >= 0.6 is 23.1 Å². The van der Waals surface area contributed by atoms with Gasteiger partial charge >= 0.3 is 0 Å². The molecule has 0 aliphatic heterocycles. The fourth-order valence-electron chi connectivity index (χ4n) is 3.51. The van der Waals surface area contributed by atoms with Gasteiger partial charge in [-0.1, -0.05) is 32.0 Å². The second-order valence-electron chi connectivity index (χ2n) is 7.38. The zero-order valence-electron chi connectivity index (χ0n) is 16.2. The summed E-state index contributed by atoms with van der Waals surface area (Å²) in [4.78, 5) is 18.4. The van der Waals surface area contributed by atoms with E-state index in [9.17, 15) is 4.79 Å². The Morgan fingerprint density at radius 3 is 2.75 bits per heavy atom. The number of anilines is 1. The molecule has 1 heterocycles. The zero-order chi connectivity index (χ0) is 19.5. The molecule has 3 nitrogen and oxygen atoms in total. The van der Waals surface area contributed by atoms with Crippen LogP contribution in [-0.2, 0) is 12.8 Å². The predicted molar refractivity (Wildman–Crippen MR) is 120 cm³/mol. The van der Waals surface area contributed by atoms with E-state index in [1.165, 1.54) is 41.7 Å². The van der Waals surface area contributed by atoms with Crippen molar-refractivity contribution in [1.82, 2.24) is 4.98 Å². The highest BCUT2D eigenvalue weighted by molar-refractivity contribution is 7.99. The van der Waals surface area contributed by atoms with Gasteiger partial charge in [0.05, 0.1) is 5.69 Å². The number of fused-ring (bicyclic) bond motifs is 1. The molecule has 0 unspecified atom stereocenters. The Morgan fingerprint density at radius 2 is 1.93 bits per heavy atom. The number of amides is 1. The number of carbonyl (C=O) groups excluding carboxylic acids is 1. The minimum absolute atomic E-state index is 0.113. The smallest absolute Gasteiger partial charge is 0.257 e. The monoisotopic (exact) mass is 408 g/mol. The summed E-state index contributed by atoms with van der Waals surface area (Å²) >= 11 is 3.23. The number of hydrogen-bond acceptors (Lipinski definition) is 4. The lowest BCUT2D eigenvalue weighted by Gasteiger charge is -2.16. The Hall–Kier alpha value is -2.11. The number of aryl methyl sites for hydroxylation is 2. The third kappa shape index (κ3) is 4.47. The fraction of sp³-hybridized carbons (Fsp3) is 0.304. The first kappa shape index (κ1) is 19.2. The highest BCUT2D eigenvalue weighted by Crippen LogP contribution is 2.30. The van der Waals surface area contributed by atoms with Gasteiger partial charge in [0.1, 0.15) is 0 Å². The van der Waals surface area contributed by atoms with Crippen molar-refractivity contribution in [2.24, 2.45) is 0 Å². The molecule has 28 heavy (non-hydrogen) atoms. The molecule has 1 amide bonds. The van der Waals surface area contributed by atoms with Gasteiger partial charge in [0.2, 0.25) is 0 Å². The minimum atomic E-state index is -0.113. The van der Waals surface area contributed by atoms with Crippen molar-refractivity contribution in [2.45, 2.75) is 49.7 Å². The first-order valence-electron chi connectivity index (χ1n) is 9.74. The van der Waals surface area contributed by atoms with Gasteiger partial charge in [0.25, 0.3) is 5.91 Å². The van der Waals surface area contributed by atoms with E-state index in [1.807, 2.05) is 29.6 Å². The quantitative estimate of drug-likeness (QED) is 0.494. The lowest BCUT2D eigenvalue weighted by Crippen LogP contribution is -2.11. The molecule has 0 fully saturated rings. The molecule has 3 aromatic rings. The molecule has 1 N–H and O–H groups in total. The first-order chi connectivity index (χ1) is 13.6. The molecule has 1 aromatic heterocycles. The molecule has 0 atom stereocenters. The van der Waals surface area contributed by atoms with Crippen LogP contribution in [0.3, 0.4) is 0 Å². The number of thiazole rings is 1. The molecule has 0 bridgehead atoms. The molecule has 5 heteroatoms. The summed E-state index contributed by atoms with van der Waals surface area (Å²) in [5.74, 6) is -0.113. The van der Waals surface area contributed by atoms with E-state index in [2.05, 4.69) is 42.3 Å². The van der Waals surface area contributed by atoms with E-state index in [4.69, 9.17) is 0 Å². The van der Waals surface area contributed by atoms with Gasteiger partial charge in [-0.3, -0.25) is 10.1 Å². The van der Waals surface area contributed by atoms with Crippen LogP contribution in [0.15, 0.2) is 52.7 Å². The van der Waals surface area contributed by atoms with Crippen molar-refractivity contribution in [3.05, 3.63) is 64.5 Å². The van der Waals surface area contributed by atoms with Crippen LogP contribution in [0.2, 0.25) is 0 Å². The van der Waals surface area contributed by atoms with Crippen LogP contribution in [0.25, 0.3) is 11.3 Å². The molecule has 4 rings (SSSR count). The van der Waals surface area contributed by atoms with Crippen molar-refractivity contribution >= 4 is 34.1 Å². The van der Waals surface area contributed by atoms with E-state index in [0.717, 1.165) is 22.6 Å². The van der Waals surface area contributed by atoms with Gasteiger partial charge in [0.15, 0.2) is 5.13 Å². The SMILES string of the molecule is CC(C)Sc1cccc(C(=O)Nc2nc(-c3ccc4c(c3)CCCC4)cs2)c1. The number of nitrogens with one attached hydrogen (secondary N) is 1. The van der Waals surface area contributed by atoms with Gasteiger partial charge in [-0.15, -0.1) is 23.1 Å². The standard InChI is InChI=1S/C23H24N2OS2/c1-15(2)28-20-9-5-8-19(13-20)22(26)25-23-24-21(14-27-23)18-11-10-16-6-3-4-7-17(16)12-18/h5,8-15H,3-4,6-7H2,1-2H3,(H,24,25,26). The maximum Gasteiger partial charge on any atom is 0.257 e. The number of carbonyl (C=O) groups is 1. The largest absolute Gasteiger partial charge is 0.298 e. The maximum atomic E-state index is 12.6. The number of aromatic nitrogens is 1. The number of rotatable bonds is 5. The average Bonchev–Trinajstić information content (AvgIpc) is 3.16. The van der Waals surface area contributed by atoms with Gasteiger partial charge in [-0.2, -0.15) is 0 Å². The highest BCUT2D eigenvalue weighted by atomic mass is 32.2. The Labute approximate surface area is 174 Å². The minimum Gasteiger partial charge on any atom is -0.298 e. The van der Waals surface area contributed by atoms with Crippen molar-refractivity contribution < 1.29 is 4.79 Å². The number of hydrogen-bond donors (Lipinski definition) is 1. The van der Waals surface area contributed by atoms with E-state index in [-0.39, 0.29) is 5.91 Å². The molecule has 1 aliphatic carbocycles. The normalized spacial score (nSPS) is 13.4. The van der Waals surface area contributed by atoms with Crippen LogP contribution in [0.4, 0.5) is 5.13 Å². The maximum absolute atomic E-state index is 12.6. The summed E-state index contributed by atoms with van der Waals surface area (Å²) in [7, 11) is 0. The molecule has 0 saturated carbocycles. The summed E-state index contributed by atoms with van der Waals surface area (Å²) in [6, 6.07) is 14.4. The van der Waals surface area contributed by atoms with Gasteiger partial charge < -0.3 is 0 Å². The number of nitrogens with zero attached hydrogens (tertiary/aromatic N) is 1. The second-order valence-corrected chi connectivity index (χ2v) is 9.89. The van der Waals surface area contributed by atoms with Crippen molar-refractivity contribution in [1.29, 1.82) is 0 Å². The van der Waals surface area contributed by atoms with E-state index in [1.54, 1.807) is 11.8 Å². The molecule has 0 saturated heterocycles. The molecular formula is C23H24N2OS2. The zero-order valence-corrected chi connectivity index (χ0v) is 17.8.